The Morgan fingerprint density at radius 2 is 1.11 bits per heavy atom. The van der Waals surface area contributed by atoms with Crippen molar-refractivity contribution in [3.63, 3.8) is 0 Å². The van der Waals surface area contributed by atoms with E-state index in [1.165, 1.54) is 0 Å². The van der Waals surface area contributed by atoms with Crippen LogP contribution in [0.1, 0.15) is 54.4 Å². The Bertz CT molecular complexity index is 224. The highest BCUT2D eigenvalue weighted by atomic mass is 16.7. The summed E-state index contributed by atoms with van der Waals surface area (Å²) >= 11 is 0. The molecule has 0 aromatic heterocycles. The molecule has 0 N–H and O–H groups in total. The van der Waals surface area contributed by atoms with E-state index in [1.54, 1.807) is 0 Å². The molecule has 0 spiro atoms. The van der Waals surface area contributed by atoms with Crippen molar-refractivity contribution in [1.82, 2.24) is 0 Å². The predicted octanol–water partition coefficient (Wildman–Crippen LogP) is 3.10. The molecule has 2 rings (SSSR count). The van der Waals surface area contributed by atoms with Gasteiger partial charge in [-0.15, -0.1) is 0 Å². The highest BCUT2D eigenvalue weighted by Crippen LogP contribution is 2.28. The second kappa shape index (κ2) is 6.33. The quantitative estimate of drug-likeness (QED) is 0.781. The van der Waals surface area contributed by atoms with Crippen LogP contribution in [0.5, 0.6) is 0 Å². The molecule has 2 heterocycles. The van der Waals surface area contributed by atoms with Gasteiger partial charge in [-0.2, -0.15) is 0 Å². The summed E-state index contributed by atoms with van der Waals surface area (Å²) in [5.74, 6) is -0.839. The third-order valence-electron chi connectivity index (χ3n) is 2.95. The molecule has 2 aliphatic rings. The van der Waals surface area contributed by atoms with Crippen molar-refractivity contribution in [3.8, 4) is 0 Å². The predicted molar refractivity (Wildman–Crippen MR) is 70.4 cm³/mol. The molecule has 2 saturated heterocycles. The average Bonchev–Trinajstić information content (AvgIpc) is 2.81. The van der Waals surface area contributed by atoms with Gasteiger partial charge < -0.3 is 18.9 Å². The van der Waals surface area contributed by atoms with Crippen molar-refractivity contribution in [2.45, 2.75) is 78.2 Å². The van der Waals surface area contributed by atoms with E-state index in [0.717, 1.165) is 12.8 Å². The highest BCUT2D eigenvalue weighted by molar-refractivity contribution is 4.76. The number of hydrogen-bond acceptors (Lipinski definition) is 4. The molecule has 0 bridgehead atoms. The van der Waals surface area contributed by atoms with E-state index in [-0.39, 0.29) is 12.2 Å². The van der Waals surface area contributed by atoms with Crippen LogP contribution in [0.2, 0.25) is 0 Å². The molecule has 108 valence electrons. The molecular formula is C14H28O4. The fourth-order valence-corrected chi connectivity index (χ4v) is 2.18. The Morgan fingerprint density at radius 3 is 1.33 bits per heavy atom. The van der Waals surface area contributed by atoms with Gasteiger partial charge in [0, 0.05) is 0 Å². The van der Waals surface area contributed by atoms with Crippen molar-refractivity contribution < 1.29 is 18.9 Å². The normalized spacial score (nSPS) is 33.0. The molecule has 0 aromatic rings. The van der Waals surface area contributed by atoms with Crippen LogP contribution in [0.3, 0.4) is 0 Å². The van der Waals surface area contributed by atoms with E-state index in [9.17, 15) is 0 Å². The fraction of sp³-hybridized carbons (Fsp3) is 1.00. The summed E-state index contributed by atoms with van der Waals surface area (Å²) < 4.78 is 22.5. The molecular weight excluding hydrogens is 232 g/mol. The van der Waals surface area contributed by atoms with Gasteiger partial charge in [0.2, 0.25) is 0 Å². The lowest BCUT2D eigenvalue weighted by Crippen LogP contribution is -2.24. The van der Waals surface area contributed by atoms with Crippen LogP contribution in [0.15, 0.2) is 0 Å². The largest absolute Gasteiger partial charge is 0.348 e. The molecule has 2 fully saturated rings. The van der Waals surface area contributed by atoms with Crippen LogP contribution >= 0.6 is 0 Å². The van der Waals surface area contributed by atoms with Crippen LogP contribution in [0.25, 0.3) is 0 Å². The summed E-state index contributed by atoms with van der Waals surface area (Å²) in [7, 11) is 0. The molecule has 4 nitrogen and oxygen atoms in total. The molecule has 0 aromatic carbocycles. The Balaban J connectivity index is 0.000000771. The molecule has 0 aliphatic carbocycles. The van der Waals surface area contributed by atoms with E-state index >= 15 is 0 Å². The van der Waals surface area contributed by atoms with Crippen LogP contribution < -0.4 is 0 Å². The first kappa shape index (κ1) is 15.9. The highest BCUT2D eigenvalue weighted by Gasteiger charge is 2.35. The van der Waals surface area contributed by atoms with E-state index in [1.807, 2.05) is 41.5 Å². The SMILES string of the molecule is CC.CC1(C)OC[C@H](CC[C@H]2COC(C)(C)O2)O1. The zero-order valence-corrected chi connectivity index (χ0v) is 12.6. The molecule has 4 heteroatoms. The van der Waals surface area contributed by atoms with Crippen LogP contribution in [-0.2, 0) is 18.9 Å². The maximum atomic E-state index is 5.74. The van der Waals surface area contributed by atoms with E-state index in [0.29, 0.717) is 13.2 Å². The van der Waals surface area contributed by atoms with Crippen LogP contribution in [-0.4, -0.2) is 37.0 Å². The minimum absolute atomic E-state index is 0.197. The molecule has 0 saturated carbocycles. The maximum Gasteiger partial charge on any atom is 0.163 e. The zero-order chi connectivity index (χ0) is 13.8. The van der Waals surface area contributed by atoms with E-state index < -0.39 is 11.6 Å². The molecule has 0 unspecified atom stereocenters. The first-order valence-electron chi connectivity index (χ1n) is 7.00. The average molecular weight is 260 g/mol. The lowest BCUT2D eigenvalue weighted by Gasteiger charge is -2.19. The van der Waals surface area contributed by atoms with Crippen LogP contribution in [0.4, 0.5) is 0 Å². The molecule has 2 aliphatic heterocycles. The monoisotopic (exact) mass is 260 g/mol. The van der Waals surface area contributed by atoms with Crippen molar-refractivity contribution in [3.05, 3.63) is 0 Å². The first-order valence-corrected chi connectivity index (χ1v) is 7.00. The van der Waals surface area contributed by atoms with Gasteiger partial charge in [0.15, 0.2) is 11.6 Å². The molecule has 18 heavy (non-hydrogen) atoms. The third kappa shape index (κ3) is 4.84. The van der Waals surface area contributed by atoms with Gasteiger partial charge in [0.1, 0.15) is 0 Å². The zero-order valence-electron chi connectivity index (χ0n) is 12.6. The van der Waals surface area contributed by atoms with E-state index in [2.05, 4.69) is 0 Å². The number of hydrogen-bond donors (Lipinski definition) is 0. The Hall–Kier alpha value is -0.160. The van der Waals surface area contributed by atoms with Gasteiger partial charge in [-0.05, 0) is 40.5 Å². The first-order chi connectivity index (χ1) is 8.36. The van der Waals surface area contributed by atoms with Gasteiger partial charge in [-0.3, -0.25) is 0 Å². The summed E-state index contributed by atoms with van der Waals surface area (Å²) in [6.07, 6.45) is 2.32. The van der Waals surface area contributed by atoms with Crippen LogP contribution in [0, 0.1) is 0 Å². The summed E-state index contributed by atoms with van der Waals surface area (Å²) in [6, 6.07) is 0. The summed E-state index contributed by atoms with van der Waals surface area (Å²) in [6.45, 7) is 13.2. The standard InChI is InChI=1S/C12H22O4.C2H6/c1-11(2)13-7-9(15-11)5-6-10-8-14-12(3,4)16-10;1-2/h9-10H,5-8H2,1-4H3;1-2H3/t9-,10-;/m0./s1. The summed E-state index contributed by atoms with van der Waals surface area (Å²) in [4.78, 5) is 0. The van der Waals surface area contributed by atoms with Gasteiger partial charge in [0.25, 0.3) is 0 Å². The topological polar surface area (TPSA) is 36.9 Å². The lowest BCUT2D eigenvalue weighted by molar-refractivity contribution is -0.146. The van der Waals surface area contributed by atoms with Crippen molar-refractivity contribution >= 4 is 0 Å². The third-order valence-corrected chi connectivity index (χ3v) is 2.95. The fourth-order valence-electron chi connectivity index (χ4n) is 2.18. The Morgan fingerprint density at radius 1 is 0.778 bits per heavy atom. The number of ether oxygens (including phenoxy) is 4. The van der Waals surface area contributed by atoms with Crippen molar-refractivity contribution in [2.24, 2.45) is 0 Å². The molecule has 0 radical (unpaired) electrons. The van der Waals surface area contributed by atoms with Gasteiger partial charge in [-0.1, -0.05) is 13.8 Å². The lowest BCUT2D eigenvalue weighted by atomic mass is 10.1. The number of rotatable bonds is 3. The van der Waals surface area contributed by atoms with Gasteiger partial charge in [-0.25, -0.2) is 0 Å². The minimum atomic E-state index is -0.420. The maximum absolute atomic E-state index is 5.74. The van der Waals surface area contributed by atoms with Gasteiger partial charge >= 0.3 is 0 Å². The molecule has 2 atom stereocenters. The minimum Gasteiger partial charge on any atom is -0.348 e. The van der Waals surface area contributed by atoms with Gasteiger partial charge in [0.05, 0.1) is 25.4 Å². The summed E-state index contributed by atoms with van der Waals surface area (Å²) in [5, 5.41) is 0. The second-order valence-electron chi connectivity index (χ2n) is 5.48. The van der Waals surface area contributed by atoms with Crippen molar-refractivity contribution in [1.29, 1.82) is 0 Å². The summed E-state index contributed by atoms with van der Waals surface area (Å²) in [5.41, 5.74) is 0. The second-order valence-corrected chi connectivity index (χ2v) is 5.48. The van der Waals surface area contributed by atoms with E-state index in [4.69, 9.17) is 18.9 Å². The molecule has 0 amide bonds. The Labute approximate surface area is 111 Å². The smallest absolute Gasteiger partial charge is 0.163 e. The van der Waals surface area contributed by atoms with Crippen molar-refractivity contribution in [2.75, 3.05) is 13.2 Å². The Kier molecular flexibility index (Phi) is 5.59.